The predicted molar refractivity (Wildman–Crippen MR) is 80.1 cm³/mol. The van der Waals surface area contributed by atoms with Crippen molar-refractivity contribution in [2.45, 2.75) is 44.8 Å². The van der Waals surface area contributed by atoms with E-state index in [1.807, 2.05) is 12.1 Å². The van der Waals surface area contributed by atoms with Gasteiger partial charge in [0.25, 0.3) is 0 Å². The van der Waals surface area contributed by atoms with Crippen molar-refractivity contribution in [1.82, 2.24) is 4.90 Å². The number of anilines is 1. The molecular formula is C16H26N2O. The Bertz CT molecular complexity index is 388. The van der Waals surface area contributed by atoms with E-state index in [2.05, 4.69) is 31.0 Å². The fraction of sp³-hybridized carbons (Fsp3) is 0.625. The second kappa shape index (κ2) is 6.92. The summed E-state index contributed by atoms with van der Waals surface area (Å²) in [5, 5.41) is 0. The van der Waals surface area contributed by atoms with Crippen molar-refractivity contribution in [2.24, 2.45) is 0 Å². The normalized spacial score (nSPS) is 20.9. The SMILES string of the molecule is CC(c1cccc(N)c1)N(C)CCCC1CCCO1. The van der Waals surface area contributed by atoms with Gasteiger partial charge in [0, 0.05) is 18.3 Å². The number of rotatable bonds is 6. The first-order valence-corrected chi connectivity index (χ1v) is 7.34. The molecule has 1 saturated heterocycles. The molecule has 0 radical (unpaired) electrons. The summed E-state index contributed by atoms with van der Waals surface area (Å²) >= 11 is 0. The van der Waals surface area contributed by atoms with Gasteiger partial charge < -0.3 is 10.5 Å². The molecular weight excluding hydrogens is 236 g/mol. The Labute approximate surface area is 116 Å². The topological polar surface area (TPSA) is 38.5 Å². The third kappa shape index (κ3) is 4.22. The second-order valence-corrected chi connectivity index (χ2v) is 5.60. The maximum Gasteiger partial charge on any atom is 0.0576 e. The highest BCUT2D eigenvalue weighted by molar-refractivity contribution is 5.41. The van der Waals surface area contributed by atoms with E-state index in [0.717, 1.165) is 18.8 Å². The van der Waals surface area contributed by atoms with Crippen LogP contribution >= 0.6 is 0 Å². The molecule has 1 aromatic rings. The van der Waals surface area contributed by atoms with Crippen LogP contribution in [0, 0.1) is 0 Å². The van der Waals surface area contributed by atoms with E-state index in [1.165, 1.54) is 31.2 Å². The Morgan fingerprint density at radius 2 is 2.32 bits per heavy atom. The summed E-state index contributed by atoms with van der Waals surface area (Å²) in [6.45, 7) is 4.30. The van der Waals surface area contributed by atoms with Gasteiger partial charge in [-0.2, -0.15) is 0 Å². The van der Waals surface area contributed by atoms with Crippen LogP contribution in [0.15, 0.2) is 24.3 Å². The highest BCUT2D eigenvalue weighted by Crippen LogP contribution is 2.22. The molecule has 0 amide bonds. The van der Waals surface area contributed by atoms with Crippen LogP contribution in [-0.2, 0) is 4.74 Å². The summed E-state index contributed by atoms with van der Waals surface area (Å²) in [5.41, 5.74) is 7.98. The van der Waals surface area contributed by atoms with Crippen LogP contribution in [-0.4, -0.2) is 31.2 Å². The highest BCUT2D eigenvalue weighted by atomic mass is 16.5. The summed E-state index contributed by atoms with van der Waals surface area (Å²) < 4.78 is 5.66. The van der Waals surface area contributed by atoms with Crippen molar-refractivity contribution in [3.8, 4) is 0 Å². The first-order chi connectivity index (χ1) is 9.16. The molecule has 0 aliphatic carbocycles. The molecule has 1 heterocycles. The number of ether oxygens (including phenoxy) is 1. The predicted octanol–water partition coefficient (Wildman–Crippen LogP) is 3.22. The van der Waals surface area contributed by atoms with E-state index >= 15 is 0 Å². The Kier molecular flexibility index (Phi) is 5.23. The van der Waals surface area contributed by atoms with Crippen molar-refractivity contribution in [3.05, 3.63) is 29.8 Å². The molecule has 3 nitrogen and oxygen atoms in total. The molecule has 0 aromatic heterocycles. The number of benzene rings is 1. The summed E-state index contributed by atoms with van der Waals surface area (Å²) in [6.07, 6.45) is 5.38. The minimum Gasteiger partial charge on any atom is -0.399 e. The minimum absolute atomic E-state index is 0.410. The van der Waals surface area contributed by atoms with Crippen LogP contribution in [0.25, 0.3) is 0 Å². The molecule has 0 saturated carbocycles. The van der Waals surface area contributed by atoms with Gasteiger partial charge in [-0.3, -0.25) is 4.90 Å². The number of nitrogens with two attached hydrogens (primary N) is 1. The molecule has 2 rings (SSSR count). The van der Waals surface area contributed by atoms with Gasteiger partial charge in [-0.25, -0.2) is 0 Å². The van der Waals surface area contributed by atoms with Crippen molar-refractivity contribution >= 4 is 5.69 Å². The Balaban J connectivity index is 1.76. The standard InChI is InChI=1S/C16H26N2O/c1-13(14-6-3-7-15(17)12-14)18(2)10-4-8-16-9-5-11-19-16/h3,6-7,12-13,16H,4-5,8-11,17H2,1-2H3. The Hall–Kier alpha value is -1.06. The average molecular weight is 262 g/mol. The van der Waals surface area contributed by atoms with E-state index in [1.54, 1.807) is 0 Å². The lowest BCUT2D eigenvalue weighted by Gasteiger charge is -2.25. The fourth-order valence-electron chi connectivity index (χ4n) is 2.71. The van der Waals surface area contributed by atoms with Gasteiger partial charge >= 0.3 is 0 Å². The molecule has 1 aromatic carbocycles. The second-order valence-electron chi connectivity index (χ2n) is 5.60. The zero-order valence-electron chi connectivity index (χ0n) is 12.1. The van der Waals surface area contributed by atoms with Crippen LogP contribution in [0.4, 0.5) is 5.69 Å². The minimum atomic E-state index is 0.410. The third-order valence-corrected chi connectivity index (χ3v) is 4.12. The fourth-order valence-corrected chi connectivity index (χ4v) is 2.71. The van der Waals surface area contributed by atoms with Crippen molar-refractivity contribution in [2.75, 3.05) is 25.9 Å². The van der Waals surface area contributed by atoms with E-state index in [-0.39, 0.29) is 0 Å². The number of nitrogen functional groups attached to an aromatic ring is 1. The molecule has 1 aliphatic rings. The van der Waals surface area contributed by atoms with Gasteiger partial charge in [-0.05, 0) is 63.9 Å². The molecule has 0 spiro atoms. The van der Waals surface area contributed by atoms with Gasteiger partial charge in [-0.15, -0.1) is 0 Å². The zero-order chi connectivity index (χ0) is 13.7. The van der Waals surface area contributed by atoms with Gasteiger partial charge in [0.1, 0.15) is 0 Å². The monoisotopic (exact) mass is 262 g/mol. The lowest BCUT2D eigenvalue weighted by molar-refractivity contribution is 0.0983. The zero-order valence-corrected chi connectivity index (χ0v) is 12.1. The third-order valence-electron chi connectivity index (χ3n) is 4.12. The lowest BCUT2D eigenvalue weighted by atomic mass is 10.1. The van der Waals surface area contributed by atoms with Crippen LogP contribution in [0.2, 0.25) is 0 Å². The summed E-state index contributed by atoms with van der Waals surface area (Å²) in [6, 6.07) is 8.60. The van der Waals surface area contributed by atoms with Crippen LogP contribution in [0.1, 0.15) is 44.2 Å². The van der Waals surface area contributed by atoms with E-state index < -0.39 is 0 Å². The molecule has 106 valence electrons. The Morgan fingerprint density at radius 1 is 1.47 bits per heavy atom. The van der Waals surface area contributed by atoms with Crippen molar-refractivity contribution < 1.29 is 4.74 Å². The first kappa shape index (κ1) is 14.4. The van der Waals surface area contributed by atoms with Crippen molar-refractivity contribution in [1.29, 1.82) is 0 Å². The number of nitrogens with zero attached hydrogens (tertiary/aromatic N) is 1. The Morgan fingerprint density at radius 3 is 3.00 bits per heavy atom. The molecule has 3 heteroatoms. The van der Waals surface area contributed by atoms with E-state index in [4.69, 9.17) is 10.5 Å². The quantitative estimate of drug-likeness (QED) is 0.800. The number of hydrogen-bond acceptors (Lipinski definition) is 3. The molecule has 2 atom stereocenters. The van der Waals surface area contributed by atoms with E-state index in [0.29, 0.717) is 12.1 Å². The van der Waals surface area contributed by atoms with Crippen LogP contribution in [0.5, 0.6) is 0 Å². The lowest BCUT2D eigenvalue weighted by Crippen LogP contribution is -2.24. The highest BCUT2D eigenvalue weighted by Gasteiger charge is 2.16. The largest absolute Gasteiger partial charge is 0.399 e. The molecule has 2 unspecified atom stereocenters. The molecule has 19 heavy (non-hydrogen) atoms. The van der Waals surface area contributed by atoms with Gasteiger partial charge in [0.15, 0.2) is 0 Å². The van der Waals surface area contributed by atoms with Crippen LogP contribution < -0.4 is 5.73 Å². The van der Waals surface area contributed by atoms with E-state index in [9.17, 15) is 0 Å². The van der Waals surface area contributed by atoms with Gasteiger partial charge in [-0.1, -0.05) is 12.1 Å². The molecule has 2 N–H and O–H groups in total. The molecule has 0 bridgehead atoms. The molecule has 1 aliphatic heterocycles. The van der Waals surface area contributed by atoms with Crippen molar-refractivity contribution in [3.63, 3.8) is 0 Å². The maximum absolute atomic E-state index is 5.84. The van der Waals surface area contributed by atoms with Crippen LogP contribution in [0.3, 0.4) is 0 Å². The summed E-state index contributed by atoms with van der Waals surface area (Å²) in [5.74, 6) is 0. The average Bonchev–Trinajstić information content (AvgIpc) is 2.91. The smallest absolute Gasteiger partial charge is 0.0576 e. The first-order valence-electron chi connectivity index (χ1n) is 7.34. The number of hydrogen-bond donors (Lipinski definition) is 1. The summed E-state index contributed by atoms with van der Waals surface area (Å²) in [4.78, 5) is 2.39. The van der Waals surface area contributed by atoms with Gasteiger partial charge in [0.05, 0.1) is 6.10 Å². The molecule has 1 fully saturated rings. The maximum atomic E-state index is 5.84. The van der Waals surface area contributed by atoms with Gasteiger partial charge in [0.2, 0.25) is 0 Å². The summed E-state index contributed by atoms with van der Waals surface area (Å²) in [7, 11) is 2.18.